The summed E-state index contributed by atoms with van der Waals surface area (Å²) in [4.78, 5) is 0. The maximum absolute atomic E-state index is 6.34. The lowest BCUT2D eigenvalue weighted by Crippen LogP contribution is -2.06. The minimum absolute atomic E-state index is 0.594. The van der Waals surface area contributed by atoms with E-state index in [0.717, 1.165) is 40.2 Å². The van der Waals surface area contributed by atoms with Gasteiger partial charge in [0.05, 0.1) is 13.2 Å². The van der Waals surface area contributed by atoms with Crippen LogP contribution in [0.1, 0.15) is 6.42 Å². The van der Waals surface area contributed by atoms with Crippen molar-refractivity contribution < 1.29 is 9.47 Å². The first-order valence-electron chi connectivity index (χ1n) is 9.96. The molecule has 0 aliphatic rings. The van der Waals surface area contributed by atoms with Gasteiger partial charge in [0, 0.05) is 17.5 Å². The third-order valence-corrected chi connectivity index (χ3v) is 4.73. The van der Waals surface area contributed by atoms with Gasteiger partial charge in [-0.15, -0.1) is 0 Å². The summed E-state index contributed by atoms with van der Waals surface area (Å²) in [5.41, 5.74) is 4.52. The zero-order chi connectivity index (χ0) is 19.7. The Morgan fingerprint density at radius 1 is 0.448 bits per heavy atom. The lowest BCUT2D eigenvalue weighted by atomic mass is 9.97. The van der Waals surface area contributed by atoms with E-state index in [1.807, 2.05) is 42.5 Å². The van der Waals surface area contributed by atoms with Gasteiger partial charge in [-0.05, 0) is 23.3 Å². The van der Waals surface area contributed by atoms with Crippen molar-refractivity contribution in [3.05, 3.63) is 109 Å². The molecule has 0 radical (unpaired) electrons. The summed E-state index contributed by atoms with van der Waals surface area (Å²) in [7, 11) is 0. The van der Waals surface area contributed by atoms with Crippen molar-refractivity contribution in [2.45, 2.75) is 6.42 Å². The van der Waals surface area contributed by atoms with Gasteiger partial charge in [0.15, 0.2) is 0 Å². The van der Waals surface area contributed by atoms with Crippen LogP contribution >= 0.6 is 0 Å². The fourth-order valence-electron chi connectivity index (χ4n) is 3.32. The zero-order valence-corrected chi connectivity index (χ0v) is 16.3. The summed E-state index contributed by atoms with van der Waals surface area (Å²) in [6, 6.07) is 37.0. The second-order valence-corrected chi connectivity index (χ2v) is 6.78. The van der Waals surface area contributed by atoms with Gasteiger partial charge in [-0.3, -0.25) is 0 Å². The largest absolute Gasteiger partial charge is 0.493 e. The summed E-state index contributed by atoms with van der Waals surface area (Å²) >= 11 is 0. The monoisotopic (exact) mass is 380 g/mol. The molecule has 0 aliphatic heterocycles. The molecule has 4 rings (SSSR count). The molecule has 0 bridgehead atoms. The minimum Gasteiger partial charge on any atom is -0.493 e. The summed E-state index contributed by atoms with van der Waals surface area (Å²) in [5.74, 6) is 1.81. The lowest BCUT2D eigenvalue weighted by Gasteiger charge is -2.17. The second kappa shape index (κ2) is 9.61. The van der Waals surface area contributed by atoms with E-state index in [-0.39, 0.29) is 0 Å². The van der Waals surface area contributed by atoms with Crippen LogP contribution in [0.5, 0.6) is 11.5 Å². The van der Waals surface area contributed by atoms with E-state index >= 15 is 0 Å². The average Bonchev–Trinajstić information content (AvgIpc) is 2.81. The van der Waals surface area contributed by atoms with E-state index in [1.54, 1.807) is 0 Å². The van der Waals surface area contributed by atoms with Crippen molar-refractivity contribution in [3.63, 3.8) is 0 Å². The first-order valence-corrected chi connectivity index (χ1v) is 9.96. The Labute approximate surface area is 172 Å². The van der Waals surface area contributed by atoms with Crippen LogP contribution in [0.25, 0.3) is 22.3 Å². The van der Waals surface area contributed by atoms with Crippen LogP contribution in [0.3, 0.4) is 0 Å². The molecule has 0 amide bonds. The molecule has 0 spiro atoms. The van der Waals surface area contributed by atoms with Gasteiger partial charge in [-0.2, -0.15) is 0 Å². The molecule has 0 aromatic heterocycles. The molecule has 0 heterocycles. The number of para-hydroxylation sites is 2. The van der Waals surface area contributed by atoms with Crippen molar-refractivity contribution in [2.24, 2.45) is 0 Å². The van der Waals surface area contributed by atoms with Crippen LogP contribution in [-0.4, -0.2) is 13.2 Å². The highest BCUT2D eigenvalue weighted by molar-refractivity contribution is 5.82. The van der Waals surface area contributed by atoms with Crippen LogP contribution in [0.2, 0.25) is 0 Å². The van der Waals surface area contributed by atoms with Gasteiger partial charge in [0.2, 0.25) is 0 Å². The maximum atomic E-state index is 6.34. The Bertz CT molecular complexity index is 954. The van der Waals surface area contributed by atoms with Crippen LogP contribution < -0.4 is 9.47 Å². The lowest BCUT2D eigenvalue weighted by molar-refractivity contribution is 0.248. The second-order valence-electron chi connectivity index (χ2n) is 6.78. The molecule has 0 aliphatic carbocycles. The van der Waals surface area contributed by atoms with Gasteiger partial charge >= 0.3 is 0 Å². The normalized spacial score (nSPS) is 10.5. The number of ether oxygens (including phenoxy) is 2. The van der Waals surface area contributed by atoms with E-state index in [0.29, 0.717) is 13.2 Å². The molecule has 4 aromatic rings. The standard InChI is InChI=1S/C27H24O2/c1-4-12-22(13-5-1)25-18-10-19-26(23-14-6-2-7-15-23)27(25)29-21-11-20-28-24-16-8-3-9-17-24/h1-10,12-19H,11,20-21H2. The zero-order valence-electron chi connectivity index (χ0n) is 16.3. The molecular weight excluding hydrogens is 356 g/mol. The Kier molecular flexibility index (Phi) is 6.24. The molecule has 0 saturated heterocycles. The summed E-state index contributed by atoms with van der Waals surface area (Å²) in [5, 5.41) is 0. The Morgan fingerprint density at radius 3 is 1.48 bits per heavy atom. The summed E-state index contributed by atoms with van der Waals surface area (Å²) in [6.07, 6.45) is 0.812. The Morgan fingerprint density at radius 2 is 0.931 bits per heavy atom. The van der Waals surface area contributed by atoms with Crippen LogP contribution in [-0.2, 0) is 0 Å². The first-order chi connectivity index (χ1) is 14.4. The third-order valence-electron chi connectivity index (χ3n) is 4.73. The molecule has 144 valence electrons. The number of hydrogen-bond acceptors (Lipinski definition) is 2. The van der Waals surface area contributed by atoms with Crippen molar-refractivity contribution >= 4 is 0 Å². The highest BCUT2D eigenvalue weighted by atomic mass is 16.5. The Hall–Kier alpha value is -3.52. The molecule has 0 N–H and O–H groups in total. The fourth-order valence-corrected chi connectivity index (χ4v) is 3.32. The van der Waals surface area contributed by atoms with Crippen LogP contribution in [0, 0.1) is 0 Å². The molecule has 0 unspecified atom stereocenters. The Balaban J connectivity index is 1.53. The van der Waals surface area contributed by atoms with E-state index in [2.05, 4.69) is 66.7 Å². The van der Waals surface area contributed by atoms with Gasteiger partial charge in [0.1, 0.15) is 11.5 Å². The third kappa shape index (κ3) is 4.85. The number of hydrogen-bond donors (Lipinski definition) is 0. The van der Waals surface area contributed by atoms with Gasteiger partial charge < -0.3 is 9.47 Å². The molecule has 4 aromatic carbocycles. The van der Waals surface area contributed by atoms with E-state index in [9.17, 15) is 0 Å². The quantitative estimate of drug-likeness (QED) is 0.311. The van der Waals surface area contributed by atoms with Crippen molar-refractivity contribution in [1.82, 2.24) is 0 Å². The highest BCUT2D eigenvalue weighted by Crippen LogP contribution is 2.39. The van der Waals surface area contributed by atoms with Gasteiger partial charge in [-0.25, -0.2) is 0 Å². The molecule has 0 saturated carbocycles. The molecular formula is C27H24O2. The van der Waals surface area contributed by atoms with Crippen molar-refractivity contribution in [1.29, 1.82) is 0 Å². The highest BCUT2D eigenvalue weighted by Gasteiger charge is 2.13. The fraction of sp³-hybridized carbons (Fsp3) is 0.111. The van der Waals surface area contributed by atoms with Gasteiger partial charge in [0.25, 0.3) is 0 Å². The molecule has 29 heavy (non-hydrogen) atoms. The average molecular weight is 380 g/mol. The van der Waals surface area contributed by atoms with E-state index < -0.39 is 0 Å². The van der Waals surface area contributed by atoms with E-state index in [1.165, 1.54) is 0 Å². The topological polar surface area (TPSA) is 18.5 Å². The maximum Gasteiger partial charge on any atom is 0.134 e. The SMILES string of the molecule is c1ccc(OCCCOc2c(-c3ccccc3)cccc2-c2ccccc2)cc1. The van der Waals surface area contributed by atoms with Crippen LogP contribution in [0.15, 0.2) is 109 Å². The molecule has 0 atom stereocenters. The molecule has 2 nitrogen and oxygen atoms in total. The first kappa shape index (κ1) is 18.8. The summed E-state index contributed by atoms with van der Waals surface area (Å²) in [6.45, 7) is 1.22. The predicted molar refractivity (Wildman–Crippen MR) is 119 cm³/mol. The molecule has 2 heteroatoms. The number of benzene rings is 4. The predicted octanol–water partition coefficient (Wildman–Crippen LogP) is 6.87. The van der Waals surface area contributed by atoms with E-state index in [4.69, 9.17) is 9.47 Å². The smallest absolute Gasteiger partial charge is 0.134 e. The molecule has 0 fully saturated rings. The minimum atomic E-state index is 0.594. The van der Waals surface area contributed by atoms with Crippen LogP contribution in [0.4, 0.5) is 0 Å². The summed E-state index contributed by atoms with van der Waals surface area (Å²) < 4.78 is 12.1. The number of rotatable bonds is 8. The van der Waals surface area contributed by atoms with Crippen molar-refractivity contribution in [2.75, 3.05) is 13.2 Å². The van der Waals surface area contributed by atoms with Gasteiger partial charge in [-0.1, -0.05) is 97.1 Å². The van der Waals surface area contributed by atoms with Crippen molar-refractivity contribution in [3.8, 4) is 33.8 Å².